The summed E-state index contributed by atoms with van der Waals surface area (Å²) in [4.78, 5) is 18.9. The van der Waals surface area contributed by atoms with E-state index in [1.54, 1.807) is 12.5 Å². The van der Waals surface area contributed by atoms with Gasteiger partial charge in [0.2, 0.25) is 0 Å². The quantitative estimate of drug-likeness (QED) is 0.690. The summed E-state index contributed by atoms with van der Waals surface area (Å²) in [6, 6.07) is 4.09. The van der Waals surface area contributed by atoms with Crippen LogP contribution in [0.3, 0.4) is 0 Å². The number of nitrogens with zero attached hydrogens (tertiary/aromatic N) is 1. The standard InChI is InChI=1S/C13H16N4O3S/c1-21(19,20)12-5-9(4-10(14)6-12)13(18)16-3-2-11-7-15-8-17-11/h4-8H,2-3,14H2,1H3,(H,15,17)(H,16,18). The molecule has 1 aromatic carbocycles. The molecule has 1 heterocycles. The molecule has 0 spiro atoms. The van der Waals surface area contributed by atoms with Crippen LogP contribution in [0, 0.1) is 0 Å². The Morgan fingerprint density at radius 2 is 2.14 bits per heavy atom. The Labute approximate surface area is 122 Å². The van der Waals surface area contributed by atoms with Crippen LogP contribution in [0.5, 0.6) is 0 Å². The van der Waals surface area contributed by atoms with Crippen molar-refractivity contribution in [2.75, 3.05) is 18.5 Å². The fraction of sp³-hybridized carbons (Fsp3) is 0.231. The Bertz CT molecular complexity index is 739. The highest BCUT2D eigenvalue weighted by molar-refractivity contribution is 7.90. The number of amides is 1. The van der Waals surface area contributed by atoms with Crippen molar-refractivity contribution in [2.45, 2.75) is 11.3 Å². The van der Waals surface area contributed by atoms with Gasteiger partial charge in [0.15, 0.2) is 9.84 Å². The minimum atomic E-state index is -3.41. The molecule has 0 atom stereocenters. The van der Waals surface area contributed by atoms with E-state index in [0.717, 1.165) is 11.9 Å². The topological polar surface area (TPSA) is 118 Å². The molecule has 7 nitrogen and oxygen atoms in total. The lowest BCUT2D eigenvalue weighted by atomic mass is 10.2. The number of anilines is 1. The molecule has 0 aliphatic heterocycles. The van der Waals surface area contributed by atoms with Gasteiger partial charge in [-0.05, 0) is 18.2 Å². The Kier molecular flexibility index (Phi) is 4.27. The number of aromatic amines is 1. The lowest BCUT2D eigenvalue weighted by Gasteiger charge is -2.07. The number of imidazole rings is 1. The molecule has 0 fully saturated rings. The molecule has 21 heavy (non-hydrogen) atoms. The summed E-state index contributed by atoms with van der Waals surface area (Å²) in [5, 5.41) is 2.71. The second-order valence-corrected chi connectivity index (χ2v) is 6.66. The van der Waals surface area contributed by atoms with E-state index in [0.29, 0.717) is 13.0 Å². The minimum absolute atomic E-state index is 0.0289. The van der Waals surface area contributed by atoms with Crippen molar-refractivity contribution in [3.05, 3.63) is 42.0 Å². The molecular weight excluding hydrogens is 292 g/mol. The van der Waals surface area contributed by atoms with Crippen molar-refractivity contribution in [3.63, 3.8) is 0 Å². The number of aromatic nitrogens is 2. The number of nitrogens with two attached hydrogens (primary N) is 1. The van der Waals surface area contributed by atoms with Gasteiger partial charge in [0, 0.05) is 42.4 Å². The van der Waals surface area contributed by atoms with Gasteiger partial charge in [-0.25, -0.2) is 13.4 Å². The summed E-state index contributed by atoms with van der Waals surface area (Å²) in [6.45, 7) is 0.407. The van der Waals surface area contributed by atoms with Crippen molar-refractivity contribution in [1.82, 2.24) is 15.3 Å². The molecule has 0 saturated heterocycles. The lowest BCUT2D eigenvalue weighted by molar-refractivity contribution is 0.0954. The zero-order valence-electron chi connectivity index (χ0n) is 11.5. The van der Waals surface area contributed by atoms with Crippen molar-refractivity contribution in [2.24, 2.45) is 0 Å². The van der Waals surface area contributed by atoms with Crippen LogP contribution in [-0.4, -0.2) is 37.1 Å². The first-order chi connectivity index (χ1) is 9.86. The molecule has 8 heteroatoms. The first-order valence-corrected chi connectivity index (χ1v) is 8.11. The number of carbonyl (C=O) groups excluding carboxylic acids is 1. The van der Waals surface area contributed by atoms with Crippen LogP contribution >= 0.6 is 0 Å². The van der Waals surface area contributed by atoms with E-state index in [2.05, 4.69) is 15.3 Å². The third kappa shape index (κ3) is 4.06. The summed E-state index contributed by atoms with van der Waals surface area (Å²) in [5.41, 5.74) is 7.00. The van der Waals surface area contributed by atoms with Gasteiger partial charge in [-0.3, -0.25) is 4.79 Å². The smallest absolute Gasteiger partial charge is 0.251 e. The maximum atomic E-state index is 12.0. The SMILES string of the molecule is CS(=O)(=O)c1cc(N)cc(C(=O)NCCc2cnc[nH]2)c1. The maximum Gasteiger partial charge on any atom is 0.251 e. The summed E-state index contributed by atoms with van der Waals surface area (Å²) in [7, 11) is -3.41. The first-order valence-electron chi connectivity index (χ1n) is 6.22. The van der Waals surface area contributed by atoms with E-state index >= 15 is 0 Å². The highest BCUT2D eigenvalue weighted by Gasteiger charge is 2.13. The number of hydrogen-bond donors (Lipinski definition) is 3. The maximum absolute atomic E-state index is 12.0. The van der Waals surface area contributed by atoms with Crippen LogP contribution in [0.25, 0.3) is 0 Å². The van der Waals surface area contributed by atoms with E-state index in [1.165, 1.54) is 18.2 Å². The van der Waals surface area contributed by atoms with Gasteiger partial charge in [-0.1, -0.05) is 0 Å². The van der Waals surface area contributed by atoms with Gasteiger partial charge in [0.25, 0.3) is 5.91 Å². The van der Waals surface area contributed by atoms with Crippen molar-refractivity contribution < 1.29 is 13.2 Å². The highest BCUT2D eigenvalue weighted by atomic mass is 32.2. The lowest BCUT2D eigenvalue weighted by Crippen LogP contribution is -2.26. The van der Waals surface area contributed by atoms with Crippen LogP contribution in [0.15, 0.2) is 35.6 Å². The summed E-state index contributed by atoms with van der Waals surface area (Å²) < 4.78 is 23.1. The van der Waals surface area contributed by atoms with Gasteiger partial charge in [0.05, 0.1) is 11.2 Å². The summed E-state index contributed by atoms with van der Waals surface area (Å²) >= 11 is 0. The number of nitrogen functional groups attached to an aromatic ring is 1. The van der Waals surface area contributed by atoms with E-state index in [9.17, 15) is 13.2 Å². The van der Waals surface area contributed by atoms with Crippen molar-refractivity contribution in [3.8, 4) is 0 Å². The van der Waals surface area contributed by atoms with E-state index in [1.807, 2.05) is 0 Å². The minimum Gasteiger partial charge on any atom is -0.399 e. The predicted octanol–water partition coefficient (Wildman–Crippen LogP) is 0.368. The molecule has 0 bridgehead atoms. The normalized spacial score (nSPS) is 11.3. The Balaban J connectivity index is 2.07. The summed E-state index contributed by atoms with van der Waals surface area (Å²) in [5.74, 6) is -0.369. The van der Waals surface area contributed by atoms with Gasteiger partial charge in [0.1, 0.15) is 0 Å². The van der Waals surface area contributed by atoms with Gasteiger partial charge < -0.3 is 16.0 Å². The monoisotopic (exact) mass is 308 g/mol. The van der Waals surface area contributed by atoms with Crippen LogP contribution in [0.2, 0.25) is 0 Å². The average Bonchev–Trinajstić information content (AvgIpc) is 2.90. The third-order valence-corrected chi connectivity index (χ3v) is 3.95. The fourth-order valence-electron chi connectivity index (χ4n) is 1.80. The molecule has 0 radical (unpaired) electrons. The molecule has 0 saturated carbocycles. The van der Waals surface area contributed by atoms with Crippen LogP contribution in [0.1, 0.15) is 16.1 Å². The van der Waals surface area contributed by atoms with Crippen LogP contribution < -0.4 is 11.1 Å². The number of benzene rings is 1. The fourth-order valence-corrected chi connectivity index (χ4v) is 2.49. The highest BCUT2D eigenvalue weighted by Crippen LogP contribution is 2.16. The zero-order valence-corrected chi connectivity index (χ0v) is 12.3. The molecule has 1 aromatic heterocycles. The predicted molar refractivity (Wildman–Crippen MR) is 78.6 cm³/mol. The number of sulfone groups is 1. The Morgan fingerprint density at radius 3 is 2.76 bits per heavy atom. The molecule has 2 rings (SSSR count). The van der Waals surface area contributed by atoms with Crippen LogP contribution in [-0.2, 0) is 16.3 Å². The van der Waals surface area contributed by atoms with E-state index < -0.39 is 9.84 Å². The van der Waals surface area contributed by atoms with Gasteiger partial charge >= 0.3 is 0 Å². The first kappa shape index (κ1) is 15.0. The largest absolute Gasteiger partial charge is 0.399 e. The van der Waals surface area contributed by atoms with E-state index in [4.69, 9.17) is 5.73 Å². The molecule has 0 aliphatic carbocycles. The van der Waals surface area contributed by atoms with Gasteiger partial charge in [-0.2, -0.15) is 0 Å². The molecule has 1 amide bonds. The molecule has 0 aliphatic rings. The molecule has 112 valence electrons. The van der Waals surface area contributed by atoms with E-state index in [-0.39, 0.29) is 22.1 Å². The second-order valence-electron chi connectivity index (χ2n) is 4.65. The number of carbonyl (C=O) groups is 1. The van der Waals surface area contributed by atoms with Crippen molar-refractivity contribution >= 4 is 21.4 Å². The number of rotatable bonds is 5. The van der Waals surface area contributed by atoms with Crippen LogP contribution in [0.4, 0.5) is 5.69 Å². The number of nitrogens with one attached hydrogen (secondary N) is 2. The number of hydrogen-bond acceptors (Lipinski definition) is 5. The molecule has 2 aromatic rings. The zero-order chi connectivity index (χ0) is 15.5. The molecular formula is C13H16N4O3S. The Morgan fingerprint density at radius 1 is 1.38 bits per heavy atom. The summed E-state index contributed by atoms with van der Waals surface area (Å²) in [6.07, 6.45) is 4.91. The average molecular weight is 308 g/mol. The Hall–Kier alpha value is -2.35. The number of H-pyrrole nitrogens is 1. The second kappa shape index (κ2) is 5.96. The van der Waals surface area contributed by atoms with Gasteiger partial charge in [-0.15, -0.1) is 0 Å². The van der Waals surface area contributed by atoms with Crippen molar-refractivity contribution in [1.29, 1.82) is 0 Å². The third-order valence-electron chi connectivity index (χ3n) is 2.85. The molecule has 0 unspecified atom stereocenters. The molecule has 4 N–H and O–H groups in total.